The molecule has 4 nitrogen and oxygen atoms in total. The van der Waals surface area contributed by atoms with E-state index in [1.54, 1.807) is 11.3 Å². The molecule has 4 rings (SSSR count). The molecule has 0 unspecified atom stereocenters. The first kappa shape index (κ1) is 17.4. The second-order valence-corrected chi connectivity index (χ2v) is 7.26. The zero-order valence-electron chi connectivity index (χ0n) is 15.1. The van der Waals surface area contributed by atoms with Crippen LogP contribution < -0.4 is 4.74 Å². The number of carbonyl (C=O) groups excluding carboxylic acids is 1. The van der Waals surface area contributed by atoms with E-state index in [0.29, 0.717) is 11.4 Å². The molecule has 2 heterocycles. The van der Waals surface area contributed by atoms with Crippen LogP contribution in [-0.2, 0) is 0 Å². The number of benzene rings is 2. The van der Waals surface area contributed by atoms with Crippen molar-refractivity contribution in [3.05, 3.63) is 76.9 Å². The van der Waals surface area contributed by atoms with Gasteiger partial charge in [-0.1, -0.05) is 48.0 Å². The number of aromatic nitrogens is 2. The van der Waals surface area contributed by atoms with Crippen LogP contribution in [0.1, 0.15) is 21.5 Å². The molecule has 0 aliphatic heterocycles. The zero-order chi connectivity index (χ0) is 18.8. The Kier molecular flexibility index (Phi) is 4.69. The topological polar surface area (TPSA) is 52.1 Å². The highest BCUT2D eigenvalue weighted by atomic mass is 32.1. The number of rotatable bonds is 5. The van der Waals surface area contributed by atoms with Crippen LogP contribution in [0.4, 0.5) is 0 Å². The van der Waals surface area contributed by atoms with Gasteiger partial charge in [0.15, 0.2) is 6.61 Å². The summed E-state index contributed by atoms with van der Waals surface area (Å²) in [4.78, 5) is 22.1. The molecule has 0 amide bonds. The maximum atomic E-state index is 12.7. The van der Waals surface area contributed by atoms with E-state index in [4.69, 9.17) is 4.74 Å². The molecular formula is C22H18N2O2S. The number of hydrogen-bond acceptors (Lipinski definition) is 5. The van der Waals surface area contributed by atoms with Gasteiger partial charge in [0.2, 0.25) is 11.7 Å². The summed E-state index contributed by atoms with van der Waals surface area (Å²) >= 11 is 1.54. The van der Waals surface area contributed by atoms with Crippen molar-refractivity contribution in [2.45, 2.75) is 13.8 Å². The van der Waals surface area contributed by atoms with Crippen molar-refractivity contribution in [3.63, 3.8) is 0 Å². The smallest absolute Gasteiger partial charge is 0.226 e. The molecule has 0 fully saturated rings. The molecule has 4 aromatic rings. The van der Waals surface area contributed by atoms with Crippen molar-refractivity contribution in [1.29, 1.82) is 0 Å². The number of thiophene rings is 1. The molecule has 0 spiro atoms. The van der Waals surface area contributed by atoms with Crippen LogP contribution in [0.2, 0.25) is 0 Å². The third kappa shape index (κ3) is 3.46. The first-order valence-electron chi connectivity index (χ1n) is 8.64. The minimum Gasteiger partial charge on any atom is -0.469 e. The largest absolute Gasteiger partial charge is 0.469 e. The molecule has 0 bridgehead atoms. The minimum absolute atomic E-state index is 0.0551. The summed E-state index contributed by atoms with van der Waals surface area (Å²) in [6.07, 6.45) is 1.48. The predicted molar refractivity (Wildman–Crippen MR) is 109 cm³/mol. The van der Waals surface area contributed by atoms with Crippen molar-refractivity contribution >= 4 is 27.3 Å². The van der Waals surface area contributed by atoms with Gasteiger partial charge >= 0.3 is 0 Å². The van der Waals surface area contributed by atoms with Crippen LogP contribution in [0.25, 0.3) is 21.3 Å². The third-order valence-electron chi connectivity index (χ3n) is 4.45. The molecule has 134 valence electrons. The third-order valence-corrected chi connectivity index (χ3v) is 5.34. The fourth-order valence-electron chi connectivity index (χ4n) is 3.04. The summed E-state index contributed by atoms with van der Waals surface area (Å²) in [6, 6.07) is 15.9. The average molecular weight is 374 g/mol. The predicted octanol–water partition coefficient (Wildman–Crippen LogP) is 5.24. The summed E-state index contributed by atoms with van der Waals surface area (Å²) in [7, 11) is 0. The Morgan fingerprint density at radius 3 is 2.70 bits per heavy atom. The molecule has 0 aliphatic rings. The van der Waals surface area contributed by atoms with Gasteiger partial charge in [-0.2, -0.15) is 0 Å². The zero-order valence-corrected chi connectivity index (χ0v) is 15.9. The summed E-state index contributed by atoms with van der Waals surface area (Å²) in [5.74, 6) is 0.387. The highest BCUT2D eigenvalue weighted by Crippen LogP contribution is 2.37. The summed E-state index contributed by atoms with van der Waals surface area (Å²) in [6.45, 7) is 3.85. The molecule has 0 saturated carbocycles. The normalized spacial score (nSPS) is 10.9. The number of aryl methyl sites for hydroxylation is 2. The molecule has 5 heteroatoms. The molecule has 0 saturated heterocycles. The van der Waals surface area contributed by atoms with Crippen molar-refractivity contribution in [2.75, 3.05) is 6.61 Å². The van der Waals surface area contributed by atoms with Gasteiger partial charge in [0, 0.05) is 16.5 Å². The molecule has 0 aliphatic carbocycles. The van der Waals surface area contributed by atoms with Gasteiger partial charge in [0.25, 0.3) is 0 Å². The number of hydrogen-bond donors (Lipinski definition) is 0. The van der Waals surface area contributed by atoms with Crippen molar-refractivity contribution < 1.29 is 9.53 Å². The van der Waals surface area contributed by atoms with E-state index in [2.05, 4.69) is 9.97 Å². The van der Waals surface area contributed by atoms with Gasteiger partial charge in [0.05, 0.1) is 5.39 Å². The second kappa shape index (κ2) is 7.29. The quantitative estimate of drug-likeness (QED) is 0.449. The van der Waals surface area contributed by atoms with Crippen LogP contribution >= 0.6 is 11.3 Å². The van der Waals surface area contributed by atoms with Gasteiger partial charge in [0.1, 0.15) is 11.2 Å². The van der Waals surface area contributed by atoms with Crippen molar-refractivity contribution in [3.8, 4) is 17.0 Å². The lowest BCUT2D eigenvalue weighted by Crippen LogP contribution is -2.14. The van der Waals surface area contributed by atoms with Crippen LogP contribution in [-0.4, -0.2) is 22.4 Å². The van der Waals surface area contributed by atoms with Crippen molar-refractivity contribution in [2.24, 2.45) is 0 Å². The lowest BCUT2D eigenvalue weighted by molar-refractivity contribution is 0.0918. The van der Waals surface area contributed by atoms with Crippen LogP contribution in [0, 0.1) is 13.8 Å². The lowest BCUT2D eigenvalue weighted by atomic mass is 10.0. The number of nitrogens with zero attached hydrogens (tertiary/aromatic N) is 2. The fourth-order valence-corrected chi connectivity index (χ4v) is 3.94. The van der Waals surface area contributed by atoms with E-state index in [-0.39, 0.29) is 12.4 Å². The summed E-state index contributed by atoms with van der Waals surface area (Å²) < 4.78 is 5.86. The first-order valence-corrected chi connectivity index (χ1v) is 9.52. The molecule has 2 aromatic carbocycles. The first-order chi connectivity index (χ1) is 13.1. The highest BCUT2D eigenvalue weighted by Gasteiger charge is 2.16. The van der Waals surface area contributed by atoms with Crippen LogP contribution in [0.5, 0.6) is 5.88 Å². The van der Waals surface area contributed by atoms with Gasteiger partial charge in [-0.15, -0.1) is 11.3 Å². The second-order valence-electron chi connectivity index (χ2n) is 6.40. The Morgan fingerprint density at radius 1 is 1.07 bits per heavy atom. The van der Waals surface area contributed by atoms with E-state index in [1.807, 2.05) is 67.8 Å². The Balaban J connectivity index is 1.65. The molecule has 0 N–H and O–H groups in total. The number of Topliss-reactive ketones (excluding diaryl/α,β-unsaturated/α-hetero) is 1. The molecule has 27 heavy (non-hydrogen) atoms. The number of fused-ring (bicyclic) bond motifs is 1. The highest BCUT2D eigenvalue weighted by molar-refractivity contribution is 7.17. The monoisotopic (exact) mass is 374 g/mol. The standard InChI is InChI=1S/C22H18N2O2S/c1-14-8-9-15(2)17(10-14)19(25)11-26-21-20-18(16-6-4-3-5-7-16)12-27-22(20)24-13-23-21/h3-10,12-13H,11H2,1-2H3. The SMILES string of the molecule is Cc1ccc(C)c(C(=O)COc2ncnc3scc(-c4ccccc4)c23)c1. The van der Waals surface area contributed by atoms with Gasteiger partial charge in [-0.05, 0) is 31.0 Å². The van der Waals surface area contributed by atoms with E-state index >= 15 is 0 Å². The Hall–Kier alpha value is -3.05. The van der Waals surface area contributed by atoms with Crippen molar-refractivity contribution in [1.82, 2.24) is 9.97 Å². The number of carbonyl (C=O) groups is 1. The number of ether oxygens (including phenoxy) is 1. The lowest BCUT2D eigenvalue weighted by Gasteiger charge is -2.09. The maximum absolute atomic E-state index is 12.7. The summed E-state index contributed by atoms with van der Waals surface area (Å²) in [5.41, 5.74) is 4.78. The van der Waals surface area contributed by atoms with E-state index in [9.17, 15) is 4.79 Å². The molecule has 2 aromatic heterocycles. The van der Waals surface area contributed by atoms with Gasteiger partial charge in [-0.3, -0.25) is 4.79 Å². The van der Waals surface area contributed by atoms with E-state index in [0.717, 1.165) is 32.5 Å². The molecule has 0 radical (unpaired) electrons. The van der Waals surface area contributed by atoms with Crippen LogP contribution in [0.3, 0.4) is 0 Å². The minimum atomic E-state index is -0.0561. The molecular weight excluding hydrogens is 356 g/mol. The summed E-state index contributed by atoms with van der Waals surface area (Å²) in [5, 5.41) is 2.90. The average Bonchev–Trinajstić information content (AvgIpc) is 3.13. The fraction of sp³-hybridized carbons (Fsp3) is 0.136. The number of ketones is 1. The van der Waals surface area contributed by atoms with E-state index < -0.39 is 0 Å². The van der Waals surface area contributed by atoms with Gasteiger partial charge < -0.3 is 4.74 Å². The Morgan fingerprint density at radius 2 is 1.89 bits per heavy atom. The molecule has 0 atom stereocenters. The maximum Gasteiger partial charge on any atom is 0.226 e. The Labute approximate surface area is 161 Å². The Bertz CT molecular complexity index is 1120. The van der Waals surface area contributed by atoms with Crippen LogP contribution in [0.15, 0.2) is 60.2 Å². The van der Waals surface area contributed by atoms with Gasteiger partial charge in [-0.25, -0.2) is 9.97 Å². The van der Waals surface area contributed by atoms with E-state index in [1.165, 1.54) is 6.33 Å².